The Bertz CT molecular complexity index is 631. The Kier molecular flexibility index (Phi) is 2.96. The highest BCUT2D eigenvalue weighted by Crippen LogP contribution is 2.36. The average Bonchev–Trinajstić information content (AvgIpc) is 2.95. The average molecular weight is 281 g/mol. The lowest BCUT2D eigenvalue weighted by Crippen LogP contribution is -2.20. The summed E-state index contributed by atoms with van der Waals surface area (Å²) in [4.78, 5) is 9.17. The highest BCUT2D eigenvalue weighted by atomic mass is 19.4. The molecule has 106 valence electrons. The van der Waals surface area contributed by atoms with Gasteiger partial charge in [0.05, 0.1) is 24.0 Å². The molecule has 2 aromatic rings. The molecular formula is C14H14F3N3. The summed E-state index contributed by atoms with van der Waals surface area (Å²) in [7, 11) is 0. The highest BCUT2D eigenvalue weighted by Gasteiger charge is 2.32. The van der Waals surface area contributed by atoms with E-state index < -0.39 is 11.7 Å². The molecule has 1 aromatic heterocycles. The van der Waals surface area contributed by atoms with Crippen molar-refractivity contribution < 1.29 is 13.2 Å². The normalized spacial score (nSPS) is 14.7. The molecule has 3 nitrogen and oxygen atoms in total. The molecule has 3 rings (SSSR count). The summed E-state index contributed by atoms with van der Waals surface area (Å²) in [6, 6.07) is 3.98. The standard InChI is InChI=1S/C14H14F3N3/c1-9-18-7-12(19-9)8-20-5-4-10-2-3-11(6-13(10)20)14(15,16)17/h2-3,6-7H,4-5,8H2,1H3,(H,18,19). The summed E-state index contributed by atoms with van der Waals surface area (Å²) in [6.07, 6.45) is -1.80. The molecule has 0 amide bonds. The van der Waals surface area contributed by atoms with Gasteiger partial charge in [-0.1, -0.05) is 6.07 Å². The zero-order valence-electron chi connectivity index (χ0n) is 11.0. The third kappa shape index (κ3) is 2.37. The molecule has 1 aliphatic heterocycles. The molecule has 1 N–H and O–H groups in total. The highest BCUT2D eigenvalue weighted by molar-refractivity contribution is 5.60. The zero-order chi connectivity index (χ0) is 14.3. The van der Waals surface area contributed by atoms with Crippen LogP contribution in [0.5, 0.6) is 0 Å². The Hall–Kier alpha value is -1.98. The first-order valence-corrected chi connectivity index (χ1v) is 6.39. The van der Waals surface area contributed by atoms with Gasteiger partial charge in [0.1, 0.15) is 5.82 Å². The molecule has 0 aliphatic carbocycles. The van der Waals surface area contributed by atoms with E-state index in [-0.39, 0.29) is 0 Å². The van der Waals surface area contributed by atoms with Crippen LogP contribution in [0.1, 0.15) is 22.6 Å². The Balaban J connectivity index is 1.88. The van der Waals surface area contributed by atoms with Crippen molar-refractivity contribution in [3.63, 3.8) is 0 Å². The Morgan fingerprint density at radius 1 is 1.35 bits per heavy atom. The lowest BCUT2D eigenvalue weighted by molar-refractivity contribution is -0.137. The van der Waals surface area contributed by atoms with Crippen molar-refractivity contribution >= 4 is 5.69 Å². The molecule has 2 heterocycles. The van der Waals surface area contributed by atoms with Crippen molar-refractivity contribution in [1.29, 1.82) is 0 Å². The van der Waals surface area contributed by atoms with Crippen molar-refractivity contribution in [1.82, 2.24) is 9.97 Å². The van der Waals surface area contributed by atoms with E-state index in [1.54, 1.807) is 12.3 Å². The van der Waals surface area contributed by atoms with E-state index >= 15 is 0 Å². The van der Waals surface area contributed by atoms with E-state index in [9.17, 15) is 13.2 Å². The van der Waals surface area contributed by atoms with Gasteiger partial charge in [-0.3, -0.25) is 0 Å². The number of alkyl halides is 3. The molecule has 0 saturated carbocycles. The Morgan fingerprint density at radius 2 is 2.15 bits per heavy atom. The number of benzene rings is 1. The number of aromatic amines is 1. The maximum absolute atomic E-state index is 12.8. The number of aromatic nitrogens is 2. The number of anilines is 1. The molecule has 6 heteroatoms. The minimum absolute atomic E-state index is 0.551. The predicted octanol–water partition coefficient (Wildman–Crippen LogP) is 3.30. The van der Waals surface area contributed by atoms with Crippen LogP contribution in [0.25, 0.3) is 0 Å². The number of aryl methyl sites for hydroxylation is 1. The van der Waals surface area contributed by atoms with Crippen LogP contribution in [0, 0.1) is 6.92 Å². The molecule has 0 bridgehead atoms. The lowest BCUT2D eigenvalue weighted by atomic mass is 10.1. The Morgan fingerprint density at radius 3 is 2.80 bits per heavy atom. The number of nitrogens with zero attached hydrogens (tertiary/aromatic N) is 2. The number of hydrogen-bond donors (Lipinski definition) is 1. The molecule has 1 aliphatic rings. The molecule has 1 aromatic carbocycles. The quantitative estimate of drug-likeness (QED) is 0.916. The summed E-state index contributed by atoms with van der Waals surface area (Å²) in [5.41, 5.74) is 1.96. The Labute approximate surface area is 114 Å². The number of rotatable bonds is 2. The van der Waals surface area contributed by atoms with Crippen LogP contribution in [0.4, 0.5) is 18.9 Å². The smallest absolute Gasteiger partial charge is 0.365 e. The fourth-order valence-electron chi connectivity index (χ4n) is 2.54. The zero-order valence-corrected chi connectivity index (χ0v) is 11.0. The molecule has 0 atom stereocenters. The number of imidazole rings is 1. The van der Waals surface area contributed by atoms with Crippen molar-refractivity contribution in [2.24, 2.45) is 0 Å². The van der Waals surface area contributed by atoms with Crippen LogP contribution in [-0.2, 0) is 19.1 Å². The number of halogens is 3. The first-order valence-electron chi connectivity index (χ1n) is 6.39. The van der Waals surface area contributed by atoms with Gasteiger partial charge in [0.25, 0.3) is 0 Å². The molecule has 0 spiro atoms. The van der Waals surface area contributed by atoms with Crippen LogP contribution in [-0.4, -0.2) is 16.5 Å². The molecule has 0 radical (unpaired) electrons. The summed E-state index contributed by atoms with van der Waals surface area (Å²) in [6.45, 7) is 3.13. The van der Waals surface area contributed by atoms with E-state index in [1.165, 1.54) is 6.07 Å². The maximum atomic E-state index is 12.8. The third-order valence-corrected chi connectivity index (χ3v) is 3.52. The SMILES string of the molecule is Cc1ncc(CN2CCc3ccc(C(F)(F)F)cc32)[nH]1. The molecular weight excluding hydrogens is 267 g/mol. The van der Waals surface area contributed by atoms with Crippen LogP contribution in [0.2, 0.25) is 0 Å². The first-order chi connectivity index (χ1) is 9.43. The minimum atomic E-state index is -4.30. The largest absolute Gasteiger partial charge is 0.416 e. The van der Waals surface area contributed by atoms with Crippen molar-refractivity contribution in [2.75, 3.05) is 11.4 Å². The van der Waals surface area contributed by atoms with Crippen LogP contribution in [0.3, 0.4) is 0 Å². The van der Waals surface area contributed by atoms with E-state index in [4.69, 9.17) is 0 Å². The predicted molar refractivity (Wildman–Crippen MR) is 69.5 cm³/mol. The van der Waals surface area contributed by atoms with E-state index in [0.717, 1.165) is 36.1 Å². The van der Waals surface area contributed by atoms with Gasteiger partial charge in [-0.25, -0.2) is 4.98 Å². The third-order valence-electron chi connectivity index (χ3n) is 3.52. The van der Waals surface area contributed by atoms with Crippen molar-refractivity contribution in [3.05, 3.63) is 47.0 Å². The minimum Gasteiger partial charge on any atom is -0.365 e. The number of hydrogen-bond acceptors (Lipinski definition) is 2. The van der Waals surface area contributed by atoms with Crippen LogP contribution >= 0.6 is 0 Å². The van der Waals surface area contributed by atoms with Gasteiger partial charge in [-0.05, 0) is 31.0 Å². The number of nitrogens with one attached hydrogen (secondary N) is 1. The van der Waals surface area contributed by atoms with Gasteiger partial charge in [0.15, 0.2) is 0 Å². The lowest BCUT2D eigenvalue weighted by Gasteiger charge is -2.19. The van der Waals surface area contributed by atoms with Crippen LogP contribution in [0.15, 0.2) is 24.4 Å². The molecule has 0 unspecified atom stereocenters. The fraction of sp³-hybridized carbons (Fsp3) is 0.357. The summed E-state index contributed by atoms with van der Waals surface area (Å²) in [5.74, 6) is 0.809. The summed E-state index contributed by atoms with van der Waals surface area (Å²) in [5, 5.41) is 0. The summed E-state index contributed by atoms with van der Waals surface area (Å²) >= 11 is 0. The van der Waals surface area contributed by atoms with Gasteiger partial charge >= 0.3 is 6.18 Å². The second kappa shape index (κ2) is 4.54. The van der Waals surface area contributed by atoms with E-state index in [1.807, 2.05) is 11.8 Å². The molecule has 0 fully saturated rings. The second-order valence-electron chi connectivity index (χ2n) is 5.01. The van der Waals surface area contributed by atoms with Crippen LogP contribution < -0.4 is 4.90 Å². The number of fused-ring (bicyclic) bond motifs is 1. The molecule has 0 saturated heterocycles. The maximum Gasteiger partial charge on any atom is 0.416 e. The monoisotopic (exact) mass is 281 g/mol. The molecule has 20 heavy (non-hydrogen) atoms. The summed E-state index contributed by atoms with van der Waals surface area (Å²) < 4.78 is 38.3. The van der Waals surface area contributed by atoms with E-state index in [0.29, 0.717) is 12.2 Å². The van der Waals surface area contributed by atoms with Gasteiger partial charge < -0.3 is 9.88 Å². The first kappa shape index (κ1) is 13.0. The van der Waals surface area contributed by atoms with E-state index in [2.05, 4.69) is 9.97 Å². The second-order valence-corrected chi connectivity index (χ2v) is 5.01. The van der Waals surface area contributed by atoms with Gasteiger partial charge in [-0.2, -0.15) is 13.2 Å². The van der Waals surface area contributed by atoms with Crippen molar-refractivity contribution in [2.45, 2.75) is 26.1 Å². The van der Waals surface area contributed by atoms with Gasteiger partial charge in [0, 0.05) is 12.2 Å². The van der Waals surface area contributed by atoms with Crippen molar-refractivity contribution in [3.8, 4) is 0 Å². The fourth-order valence-corrected chi connectivity index (χ4v) is 2.54. The van der Waals surface area contributed by atoms with Gasteiger partial charge in [0.2, 0.25) is 0 Å². The topological polar surface area (TPSA) is 31.9 Å². The van der Waals surface area contributed by atoms with Gasteiger partial charge in [-0.15, -0.1) is 0 Å². The number of H-pyrrole nitrogens is 1.